The lowest BCUT2D eigenvalue weighted by Crippen LogP contribution is -2.25. The number of rotatable bonds is 2. The molecule has 4 heteroatoms. The first kappa shape index (κ1) is 11.9. The lowest BCUT2D eigenvalue weighted by molar-refractivity contribution is -0.128. The Balaban J connectivity index is 2.29. The van der Waals surface area contributed by atoms with Crippen LogP contribution in [-0.2, 0) is 4.79 Å². The number of nitrogens with zero attached hydrogens (tertiary/aromatic N) is 1. The van der Waals surface area contributed by atoms with Crippen LogP contribution in [0.15, 0.2) is 18.2 Å². The number of hydrogen-bond donors (Lipinski definition) is 1. The standard InChI is InChI=1S/C13H18N2O2/c1-8-7-10(5-6-11(8)17-4)12-14-9(2)13(16)15(12)3/h5-7,9,12,14H,1-4H3. The van der Waals surface area contributed by atoms with E-state index in [-0.39, 0.29) is 18.1 Å². The highest BCUT2D eigenvalue weighted by Gasteiger charge is 2.34. The van der Waals surface area contributed by atoms with Crippen molar-refractivity contribution in [2.45, 2.75) is 26.1 Å². The first-order chi connectivity index (χ1) is 8.04. The van der Waals surface area contributed by atoms with E-state index in [0.717, 1.165) is 16.9 Å². The van der Waals surface area contributed by atoms with Gasteiger partial charge in [-0.2, -0.15) is 0 Å². The van der Waals surface area contributed by atoms with Crippen molar-refractivity contribution in [2.24, 2.45) is 0 Å². The van der Waals surface area contributed by atoms with E-state index in [1.165, 1.54) is 0 Å². The summed E-state index contributed by atoms with van der Waals surface area (Å²) in [6, 6.07) is 5.87. The second-order valence-corrected chi connectivity index (χ2v) is 4.47. The van der Waals surface area contributed by atoms with Gasteiger partial charge in [-0.25, -0.2) is 0 Å². The van der Waals surface area contributed by atoms with Crippen LogP contribution in [0.25, 0.3) is 0 Å². The summed E-state index contributed by atoms with van der Waals surface area (Å²) >= 11 is 0. The van der Waals surface area contributed by atoms with Gasteiger partial charge in [0.05, 0.1) is 13.2 Å². The summed E-state index contributed by atoms with van der Waals surface area (Å²) in [6.45, 7) is 3.89. The highest BCUT2D eigenvalue weighted by atomic mass is 16.5. The Hall–Kier alpha value is -1.55. The number of hydrogen-bond acceptors (Lipinski definition) is 3. The van der Waals surface area contributed by atoms with Gasteiger partial charge >= 0.3 is 0 Å². The van der Waals surface area contributed by atoms with Crippen molar-refractivity contribution in [3.8, 4) is 5.75 Å². The van der Waals surface area contributed by atoms with Crippen LogP contribution in [0.2, 0.25) is 0 Å². The Bertz CT molecular complexity index is 445. The van der Waals surface area contributed by atoms with E-state index in [2.05, 4.69) is 11.4 Å². The topological polar surface area (TPSA) is 41.6 Å². The molecule has 92 valence electrons. The molecule has 1 amide bonds. The van der Waals surface area contributed by atoms with E-state index in [9.17, 15) is 4.79 Å². The molecule has 2 rings (SSSR count). The monoisotopic (exact) mass is 234 g/mol. The number of methoxy groups -OCH3 is 1. The quantitative estimate of drug-likeness (QED) is 0.842. The summed E-state index contributed by atoms with van der Waals surface area (Å²) in [4.78, 5) is 13.5. The van der Waals surface area contributed by atoms with Crippen LogP contribution in [0.3, 0.4) is 0 Å². The molecule has 1 saturated heterocycles. The summed E-state index contributed by atoms with van der Waals surface area (Å²) in [5, 5.41) is 3.27. The average molecular weight is 234 g/mol. The molecular weight excluding hydrogens is 216 g/mol. The number of amides is 1. The summed E-state index contributed by atoms with van der Waals surface area (Å²) in [7, 11) is 3.48. The maximum absolute atomic E-state index is 11.7. The predicted molar refractivity (Wildman–Crippen MR) is 65.8 cm³/mol. The minimum Gasteiger partial charge on any atom is -0.496 e. The van der Waals surface area contributed by atoms with Gasteiger partial charge in [0.25, 0.3) is 0 Å². The maximum atomic E-state index is 11.7. The molecule has 1 aliphatic rings. The Morgan fingerprint density at radius 3 is 2.59 bits per heavy atom. The SMILES string of the molecule is COc1ccc(C2NC(C)C(=O)N2C)cc1C. The van der Waals surface area contributed by atoms with Crippen molar-refractivity contribution in [3.05, 3.63) is 29.3 Å². The third-order valence-electron chi connectivity index (χ3n) is 3.25. The van der Waals surface area contributed by atoms with Crippen molar-refractivity contribution in [3.63, 3.8) is 0 Å². The Morgan fingerprint density at radius 2 is 2.12 bits per heavy atom. The van der Waals surface area contributed by atoms with Gasteiger partial charge in [0.2, 0.25) is 5.91 Å². The van der Waals surface area contributed by atoms with Crippen molar-refractivity contribution in [1.29, 1.82) is 0 Å². The Morgan fingerprint density at radius 1 is 1.41 bits per heavy atom. The largest absolute Gasteiger partial charge is 0.496 e. The van der Waals surface area contributed by atoms with Gasteiger partial charge < -0.3 is 9.64 Å². The molecule has 0 aromatic heterocycles. The maximum Gasteiger partial charge on any atom is 0.240 e. The van der Waals surface area contributed by atoms with Crippen molar-refractivity contribution in [2.75, 3.05) is 14.2 Å². The van der Waals surface area contributed by atoms with E-state index in [4.69, 9.17) is 4.74 Å². The Labute approximate surface area is 102 Å². The van der Waals surface area contributed by atoms with Gasteiger partial charge in [0.1, 0.15) is 11.9 Å². The molecular formula is C13H18N2O2. The van der Waals surface area contributed by atoms with E-state index < -0.39 is 0 Å². The molecule has 1 N–H and O–H groups in total. The van der Waals surface area contributed by atoms with Crippen molar-refractivity contribution >= 4 is 5.91 Å². The molecule has 1 aliphatic heterocycles. The molecule has 2 unspecified atom stereocenters. The molecule has 2 atom stereocenters. The third kappa shape index (κ3) is 2.00. The first-order valence-electron chi connectivity index (χ1n) is 5.72. The van der Waals surface area contributed by atoms with Gasteiger partial charge in [-0.1, -0.05) is 6.07 Å². The minimum atomic E-state index is -0.118. The second kappa shape index (κ2) is 4.37. The molecule has 0 saturated carbocycles. The molecule has 0 spiro atoms. The molecule has 4 nitrogen and oxygen atoms in total. The van der Waals surface area contributed by atoms with Crippen LogP contribution in [0, 0.1) is 6.92 Å². The van der Waals surface area contributed by atoms with Crippen molar-refractivity contribution in [1.82, 2.24) is 10.2 Å². The third-order valence-corrected chi connectivity index (χ3v) is 3.25. The van der Waals surface area contributed by atoms with E-state index in [0.29, 0.717) is 0 Å². The summed E-state index contributed by atoms with van der Waals surface area (Å²) in [5.41, 5.74) is 2.16. The van der Waals surface area contributed by atoms with Crippen LogP contribution in [0.5, 0.6) is 5.75 Å². The first-order valence-corrected chi connectivity index (χ1v) is 5.72. The number of carbonyl (C=O) groups is 1. The van der Waals surface area contributed by atoms with E-state index in [1.54, 1.807) is 12.0 Å². The second-order valence-electron chi connectivity index (χ2n) is 4.47. The highest BCUT2D eigenvalue weighted by Crippen LogP contribution is 2.27. The highest BCUT2D eigenvalue weighted by molar-refractivity contribution is 5.83. The summed E-state index contributed by atoms with van der Waals surface area (Å²) in [5.74, 6) is 0.997. The molecule has 0 bridgehead atoms. The molecule has 1 aromatic rings. The molecule has 0 radical (unpaired) electrons. The number of likely N-dealkylation sites (N-methyl/N-ethyl adjacent to an activating group) is 1. The number of ether oxygens (including phenoxy) is 1. The number of benzene rings is 1. The van der Waals surface area contributed by atoms with Gasteiger partial charge in [-0.15, -0.1) is 0 Å². The smallest absolute Gasteiger partial charge is 0.240 e. The summed E-state index contributed by atoms with van der Waals surface area (Å²) in [6.07, 6.45) is -0.0397. The molecule has 1 aromatic carbocycles. The molecule has 1 fully saturated rings. The lowest BCUT2D eigenvalue weighted by Gasteiger charge is -2.20. The zero-order chi connectivity index (χ0) is 12.6. The van der Waals surface area contributed by atoms with E-state index >= 15 is 0 Å². The van der Waals surface area contributed by atoms with Crippen LogP contribution in [0.4, 0.5) is 0 Å². The van der Waals surface area contributed by atoms with Crippen LogP contribution < -0.4 is 10.1 Å². The molecule has 1 heterocycles. The van der Waals surface area contributed by atoms with Gasteiger partial charge in [-0.05, 0) is 37.1 Å². The fourth-order valence-corrected chi connectivity index (χ4v) is 2.24. The fraction of sp³-hybridized carbons (Fsp3) is 0.462. The van der Waals surface area contributed by atoms with Gasteiger partial charge in [-0.3, -0.25) is 10.1 Å². The Kier molecular flexibility index (Phi) is 3.07. The lowest BCUT2D eigenvalue weighted by atomic mass is 10.1. The van der Waals surface area contributed by atoms with Gasteiger partial charge in [0.15, 0.2) is 0 Å². The fourth-order valence-electron chi connectivity index (χ4n) is 2.24. The molecule has 17 heavy (non-hydrogen) atoms. The zero-order valence-electron chi connectivity index (χ0n) is 10.7. The van der Waals surface area contributed by atoms with Crippen LogP contribution in [-0.4, -0.2) is 31.0 Å². The summed E-state index contributed by atoms with van der Waals surface area (Å²) < 4.78 is 5.23. The number of carbonyl (C=O) groups excluding carboxylic acids is 1. The number of nitrogens with one attached hydrogen (secondary N) is 1. The average Bonchev–Trinajstić information content (AvgIpc) is 2.57. The van der Waals surface area contributed by atoms with Gasteiger partial charge in [0, 0.05) is 7.05 Å². The predicted octanol–water partition coefficient (Wildman–Crippen LogP) is 1.45. The molecule has 0 aliphatic carbocycles. The van der Waals surface area contributed by atoms with Crippen LogP contribution in [0.1, 0.15) is 24.2 Å². The van der Waals surface area contributed by atoms with Crippen LogP contribution >= 0.6 is 0 Å². The normalized spacial score (nSPS) is 24.2. The van der Waals surface area contributed by atoms with Crippen molar-refractivity contribution < 1.29 is 9.53 Å². The van der Waals surface area contributed by atoms with E-state index in [1.807, 2.05) is 33.0 Å². The minimum absolute atomic E-state index is 0.0397. The zero-order valence-corrected chi connectivity index (χ0v) is 10.7. The number of aryl methyl sites for hydroxylation is 1.